The van der Waals surface area contributed by atoms with E-state index in [4.69, 9.17) is 18.7 Å². The average molecular weight is 287 g/mol. The van der Waals surface area contributed by atoms with Crippen molar-refractivity contribution >= 4 is 30.2 Å². The van der Waals surface area contributed by atoms with Crippen LogP contribution in [-0.2, 0) is 0 Å². The molecule has 4 nitrogen and oxygen atoms in total. The molecule has 0 saturated carbocycles. The Morgan fingerprint density at radius 2 is 1.50 bits per heavy atom. The molecule has 0 aliphatic rings. The smallest absolute Gasteiger partial charge is 0.389 e. The van der Waals surface area contributed by atoms with Gasteiger partial charge in [-0.25, -0.2) is 0 Å². The molecule has 0 aliphatic carbocycles. The summed E-state index contributed by atoms with van der Waals surface area (Å²) in [7, 11) is -1.61. The van der Waals surface area contributed by atoms with Gasteiger partial charge in [0.1, 0.15) is 17.4 Å². The van der Waals surface area contributed by atoms with Crippen LogP contribution in [0.15, 0.2) is 69.6 Å². The van der Waals surface area contributed by atoms with Crippen LogP contribution < -0.4 is 10.3 Å². The van der Waals surface area contributed by atoms with Gasteiger partial charge in [0.2, 0.25) is 0 Å². The van der Waals surface area contributed by atoms with Crippen molar-refractivity contribution in [2.24, 2.45) is 5.73 Å². The van der Waals surface area contributed by atoms with Crippen molar-refractivity contribution in [3.05, 3.63) is 61.2 Å². The van der Waals surface area contributed by atoms with Crippen molar-refractivity contribution in [2.45, 2.75) is 6.23 Å². The van der Waals surface area contributed by atoms with Gasteiger partial charge in [-0.3, -0.25) is 4.52 Å². The number of nitrogens with two attached hydrogens (primary N) is 1. The molecular weight excluding hydrogens is 273 g/mol. The highest BCUT2D eigenvalue weighted by atomic mass is 31.1. The number of hydrogen-bond acceptors (Lipinski definition) is 4. The fourth-order valence-corrected chi connectivity index (χ4v) is 2.95. The van der Waals surface area contributed by atoms with Crippen LogP contribution in [0.25, 0.3) is 21.9 Å². The molecule has 0 spiro atoms. The lowest BCUT2D eigenvalue weighted by Gasteiger charge is -2.03. The molecule has 3 rings (SSSR count). The van der Waals surface area contributed by atoms with Gasteiger partial charge in [-0.15, -0.1) is 0 Å². The third-order valence-electron chi connectivity index (χ3n) is 2.85. The van der Waals surface area contributed by atoms with Crippen LogP contribution in [0.5, 0.6) is 0 Å². The molecule has 0 saturated heterocycles. The Morgan fingerprint density at radius 3 is 2.00 bits per heavy atom. The molecule has 0 radical (unpaired) electrons. The minimum atomic E-state index is -1.61. The predicted octanol–water partition coefficient (Wildman–Crippen LogP) is 4.19. The van der Waals surface area contributed by atoms with Gasteiger partial charge in [0, 0.05) is 10.8 Å². The summed E-state index contributed by atoms with van der Waals surface area (Å²) in [4.78, 5) is 0. The Labute approximate surface area is 117 Å². The zero-order chi connectivity index (χ0) is 13.9. The van der Waals surface area contributed by atoms with Crippen LogP contribution in [0.1, 0.15) is 0 Å². The molecule has 2 N–H and O–H groups in total. The highest BCUT2D eigenvalue weighted by Gasteiger charge is 2.08. The lowest BCUT2D eigenvalue weighted by molar-refractivity contribution is 0.316. The van der Waals surface area contributed by atoms with E-state index in [1.54, 1.807) is 0 Å². The third-order valence-corrected chi connectivity index (χ3v) is 3.96. The second kappa shape index (κ2) is 5.55. The van der Waals surface area contributed by atoms with E-state index >= 15 is 0 Å². The van der Waals surface area contributed by atoms with Crippen molar-refractivity contribution in [1.82, 2.24) is 0 Å². The summed E-state index contributed by atoms with van der Waals surface area (Å²) in [5, 5.41) is 1.95. The molecule has 1 atom stereocenters. The predicted molar refractivity (Wildman–Crippen MR) is 81.1 cm³/mol. The Morgan fingerprint density at radius 1 is 1.00 bits per heavy atom. The Kier molecular flexibility index (Phi) is 3.61. The van der Waals surface area contributed by atoms with Crippen LogP contribution >= 0.6 is 8.24 Å². The van der Waals surface area contributed by atoms with E-state index in [0.717, 1.165) is 21.9 Å². The van der Waals surface area contributed by atoms with E-state index < -0.39 is 14.5 Å². The number of fused-ring (bicyclic) bond motifs is 3. The first-order valence-corrected chi connectivity index (χ1v) is 7.27. The van der Waals surface area contributed by atoms with Gasteiger partial charge >= 0.3 is 8.24 Å². The number of rotatable bonds is 3. The molecular formula is C15H14NO3P. The lowest BCUT2D eigenvalue weighted by Crippen LogP contribution is -2.22. The SMILES string of the molecule is C=CC(N)Op1oc2ccccc2c2ccccc2o1. The van der Waals surface area contributed by atoms with Crippen LogP contribution in [0.4, 0.5) is 0 Å². The first kappa shape index (κ1) is 13.0. The standard InChI is InChI=1S/C15H14NO3P/c1-2-15(16)19-20-17-13-9-5-3-7-11(13)12-8-4-6-10-14(12)18-20/h2-10,15H,1,16H2. The molecule has 5 heteroatoms. The van der Waals surface area contributed by atoms with E-state index in [-0.39, 0.29) is 0 Å². The van der Waals surface area contributed by atoms with Crippen molar-refractivity contribution < 1.29 is 12.9 Å². The summed E-state index contributed by atoms with van der Waals surface area (Å²) in [5.74, 6) is 0. The molecule has 0 amide bonds. The summed E-state index contributed by atoms with van der Waals surface area (Å²) in [6.45, 7) is 3.59. The minimum Gasteiger partial charge on any atom is -0.399 e. The second-order valence-electron chi connectivity index (χ2n) is 4.20. The summed E-state index contributed by atoms with van der Waals surface area (Å²) >= 11 is 0. The summed E-state index contributed by atoms with van der Waals surface area (Å²) in [6.07, 6.45) is 0.871. The van der Waals surface area contributed by atoms with Crippen LogP contribution in [-0.4, -0.2) is 6.23 Å². The molecule has 0 fully saturated rings. The molecule has 0 aliphatic heterocycles. The van der Waals surface area contributed by atoms with E-state index in [9.17, 15) is 0 Å². The van der Waals surface area contributed by atoms with Crippen molar-refractivity contribution in [1.29, 1.82) is 0 Å². The van der Waals surface area contributed by atoms with Gasteiger partial charge < -0.3 is 14.1 Å². The van der Waals surface area contributed by atoms with Gasteiger partial charge in [-0.2, -0.15) is 0 Å². The second-order valence-corrected chi connectivity index (χ2v) is 5.23. The van der Waals surface area contributed by atoms with Gasteiger partial charge in [-0.1, -0.05) is 43.0 Å². The third kappa shape index (κ3) is 2.49. The maximum Gasteiger partial charge on any atom is 0.389 e. The Bertz CT molecular complexity index is 739. The van der Waals surface area contributed by atoms with E-state index in [1.165, 1.54) is 6.08 Å². The number of para-hydroxylation sites is 2. The minimum absolute atomic E-state index is 0.626. The van der Waals surface area contributed by atoms with Gasteiger partial charge in [-0.05, 0) is 18.2 Å². The van der Waals surface area contributed by atoms with E-state index in [2.05, 4.69) is 6.58 Å². The monoisotopic (exact) mass is 287 g/mol. The maximum atomic E-state index is 5.80. The molecule has 1 unspecified atom stereocenters. The largest absolute Gasteiger partial charge is 0.399 e. The van der Waals surface area contributed by atoms with Gasteiger partial charge in [0.05, 0.1) is 0 Å². The van der Waals surface area contributed by atoms with Crippen molar-refractivity contribution in [3.63, 3.8) is 0 Å². The van der Waals surface area contributed by atoms with Crippen molar-refractivity contribution in [2.75, 3.05) is 0 Å². The molecule has 1 heterocycles. The highest BCUT2D eigenvalue weighted by molar-refractivity contribution is 7.31. The number of hydrogen-bond donors (Lipinski definition) is 1. The fourth-order valence-electron chi connectivity index (χ4n) is 1.90. The molecule has 102 valence electrons. The molecule has 3 aromatic rings. The topological polar surface area (TPSA) is 61.5 Å². The summed E-state index contributed by atoms with van der Waals surface area (Å²) in [6, 6.07) is 15.5. The zero-order valence-electron chi connectivity index (χ0n) is 10.7. The fraction of sp³-hybridized carbons (Fsp3) is 0.0667. The first-order valence-electron chi connectivity index (χ1n) is 6.17. The molecule has 2 aromatic carbocycles. The average Bonchev–Trinajstić information content (AvgIpc) is 2.63. The molecule has 1 aromatic heterocycles. The number of benzene rings is 2. The zero-order valence-corrected chi connectivity index (χ0v) is 11.6. The molecule has 20 heavy (non-hydrogen) atoms. The van der Waals surface area contributed by atoms with E-state index in [1.807, 2.05) is 48.5 Å². The normalized spacial score (nSPS) is 12.4. The van der Waals surface area contributed by atoms with Crippen molar-refractivity contribution in [3.8, 4) is 0 Å². The Balaban J connectivity index is 2.34. The maximum absolute atomic E-state index is 5.80. The van der Waals surface area contributed by atoms with E-state index in [0.29, 0.717) is 0 Å². The quantitative estimate of drug-likeness (QED) is 0.579. The summed E-state index contributed by atoms with van der Waals surface area (Å²) < 4.78 is 17.1. The Hall–Kier alpha value is -2.00. The van der Waals surface area contributed by atoms with Crippen LogP contribution in [0.3, 0.4) is 0 Å². The summed E-state index contributed by atoms with van der Waals surface area (Å²) in [5.41, 5.74) is 7.15. The van der Waals surface area contributed by atoms with Gasteiger partial charge in [0.15, 0.2) is 0 Å². The first-order chi connectivity index (χ1) is 9.78. The highest BCUT2D eigenvalue weighted by Crippen LogP contribution is 2.33. The lowest BCUT2D eigenvalue weighted by atomic mass is 10.1. The van der Waals surface area contributed by atoms with Crippen LogP contribution in [0.2, 0.25) is 0 Å². The van der Waals surface area contributed by atoms with Gasteiger partial charge in [0.25, 0.3) is 0 Å². The van der Waals surface area contributed by atoms with Crippen LogP contribution in [0, 0.1) is 0 Å². The molecule has 0 bridgehead atoms.